The number of rotatable bonds is 2. The third-order valence-electron chi connectivity index (χ3n) is 4.80. The molecule has 0 spiro atoms. The van der Waals surface area contributed by atoms with Gasteiger partial charge in [-0.3, -0.25) is 14.5 Å². The van der Waals surface area contributed by atoms with Gasteiger partial charge in [-0.2, -0.15) is 0 Å². The van der Waals surface area contributed by atoms with Gasteiger partial charge >= 0.3 is 0 Å². The van der Waals surface area contributed by atoms with E-state index in [0.717, 1.165) is 30.3 Å². The monoisotopic (exact) mass is 283 g/mol. The van der Waals surface area contributed by atoms with Gasteiger partial charge in [0.1, 0.15) is 5.82 Å². The molecule has 1 aliphatic heterocycles. The zero-order valence-electron chi connectivity index (χ0n) is 11.9. The summed E-state index contributed by atoms with van der Waals surface area (Å²) in [4.78, 5) is 34.2. The SMILES string of the molecule is CC(c1nc2ccccc2[nH]1)N1C(=O)C2CCC(C2)C1=O. The number of aromatic nitrogens is 2. The van der Waals surface area contributed by atoms with Gasteiger partial charge in [-0.1, -0.05) is 12.1 Å². The Balaban J connectivity index is 1.71. The second-order valence-corrected chi connectivity index (χ2v) is 6.07. The fraction of sp³-hybridized carbons (Fsp3) is 0.438. The van der Waals surface area contributed by atoms with Gasteiger partial charge < -0.3 is 4.98 Å². The van der Waals surface area contributed by atoms with E-state index >= 15 is 0 Å². The fourth-order valence-electron chi connectivity index (χ4n) is 3.61. The van der Waals surface area contributed by atoms with Crippen LogP contribution >= 0.6 is 0 Å². The number of imidazole rings is 1. The largest absolute Gasteiger partial charge is 0.340 e. The van der Waals surface area contributed by atoms with Crippen LogP contribution in [0.4, 0.5) is 0 Å². The Morgan fingerprint density at radius 2 is 1.86 bits per heavy atom. The Morgan fingerprint density at radius 1 is 1.19 bits per heavy atom. The maximum Gasteiger partial charge on any atom is 0.232 e. The smallest absolute Gasteiger partial charge is 0.232 e. The standard InChI is InChI=1S/C16H17N3O2/c1-9(14-17-12-4-2-3-5-13(12)18-14)19-15(20)10-6-7-11(8-10)16(19)21/h2-5,9-11H,6-8H2,1H3,(H,17,18). The fourth-order valence-corrected chi connectivity index (χ4v) is 3.61. The van der Waals surface area contributed by atoms with E-state index in [0.29, 0.717) is 5.82 Å². The lowest BCUT2D eigenvalue weighted by molar-refractivity contribution is -0.155. The molecule has 1 saturated carbocycles. The van der Waals surface area contributed by atoms with E-state index in [2.05, 4.69) is 9.97 Å². The van der Waals surface area contributed by atoms with E-state index in [1.807, 2.05) is 31.2 Å². The Labute approximate surface area is 122 Å². The molecule has 2 aromatic rings. The molecule has 1 aromatic carbocycles. The van der Waals surface area contributed by atoms with Crippen molar-refractivity contribution < 1.29 is 9.59 Å². The minimum atomic E-state index is -0.333. The van der Waals surface area contributed by atoms with E-state index in [4.69, 9.17) is 0 Å². The quantitative estimate of drug-likeness (QED) is 0.861. The van der Waals surface area contributed by atoms with Crippen LogP contribution in [0.15, 0.2) is 24.3 Å². The Bertz CT molecular complexity index is 681. The van der Waals surface area contributed by atoms with Crippen molar-refractivity contribution in [1.29, 1.82) is 0 Å². The van der Waals surface area contributed by atoms with E-state index < -0.39 is 0 Å². The first-order chi connectivity index (χ1) is 10.1. The van der Waals surface area contributed by atoms with Crippen LogP contribution < -0.4 is 0 Å². The number of imide groups is 1. The van der Waals surface area contributed by atoms with Gasteiger partial charge in [0.05, 0.1) is 17.1 Å². The van der Waals surface area contributed by atoms with Crippen LogP contribution in [0.1, 0.15) is 38.1 Å². The van der Waals surface area contributed by atoms with Crippen LogP contribution in [0.5, 0.6) is 0 Å². The summed E-state index contributed by atoms with van der Waals surface area (Å²) in [6.07, 6.45) is 2.43. The minimum Gasteiger partial charge on any atom is -0.340 e. The molecule has 0 radical (unpaired) electrons. The first-order valence-electron chi connectivity index (χ1n) is 7.46. The lowest BCUT2D eigenvalue weighted by Crippen LogP contribution is -2.47. The number of amides is 2. The zero-order chi connectivity index (χ0) is 14.6. The van der Waals surface area contributed by atoms with Crippen LogP contribution in [0.2, 0.25) is 0 Å². The topological polar surface area (TPSA) is 66.1 Å². The van der Waals surface area contributed by atoms with Gasteiger partial charge in [0, 0.05) is 11.8 Å². The van der Waals surface area contributed by atoms with Crippen LogP contribution in [0.3, 0.4) is 0 Å². The summed E-state index contributed by atoms with van der Waals surface area (Å²) in [6.45, 7) is 1.87. The Morgan fingerprint density at radius 3 is 2.52 bits per heavy atom. The molecule has 2 fully saturated rings. The number of fused-ring (bicyclic) bond motifs is 3. The van der Waals surface area contributed by atoms with Gasteiger partial charge in [-0.25, -0.2) is 4.98 Å². The summed E-state index contributed by atoms with van der Waals surface area (Å²) in [7, 11) is 0. The number of nitrogens with zero attached hydrogens (tertiary/aromatic N) is 2. The average Bonchev–Trinajstić information content (AvgIpc) is 3.11. The van der Waals surface area contributed by atoms with Crippen molar-refractivity contribution >= 4 is 22.8 Å². The lowest BCUT2D eigenvalue weighted by Gasteiger charge is -2.33. The van der Waals surface area contributed by atoms with Crippen molar-refractivity contribution in [3.05, 3.63) is 30.1 Å². The maximum atomic E-state index is 12.5. The number of hydrogen-bond acceptors (Lipinski definition) is 3. The van der Waals surface area contributed by atoms with E-state index in [9.17, 15) is 9.59 Å². The number of H-pyrrole nitrogens is 1. The van der Waals surface area contributed by atoms with Gasteiger partial charge in [0.25, 0.3) is 0 Å². The summed E-state index contributed by atoms with van der Waals surface area (Å²) in [5.41, 5.74) is 1.79. The Kier molecular flexibility index (Phi) is 2.64. The van der Waals surface area contributed by atoms with Crippen molar-refractivity contribution in [1.82, 2.24) is 14.9 Å². The number of nitrogens with one attached hydrogen (secondary N) is 1. The van der Waals surface area contributed by atoms with Crippen molar-refractivity contribution in [2.45, 2.75) is 32.2 Å². The first-order valence-corrected chi connectivity index (χ1v) is 7.46. The first kappa shape index (κ1) is 12.6. The van der Waals surface area contributed by atoms with Crippen LogP contribution in [0, 0.1) is 11.8 Å². The molecule has 3 atom stereocenters. The summed E-state index contributed by atoms with van der Waals surface area (Å²) >= 11 is 0. The number of carbonyl (C=O) groups is 2. The van der Waals surface area contributed by atoms with Crippen LogP contribution in [0.25, 0.3) is 11.0 Å². The van der Waals surface area contributed by atoms with Crippen LogP contribution in [-0.2, 0) is 9.59 Å². The van der Waals surface area contributed by atoms with Gasteiger partial charge in [0.2, 0.25) is 11.8 Å². The predicted octanol–water partition coefficient (Wildman–Crippen LogP) is 2.41. The van der Waals surface area contributed by atoms with Crippen molar-refractivity contribution in [3.63, 3.8) is 0 Å². The van der Waals surface area contributed by atoms with Crippen molar-refractivity contribution in [2.24, 2.45) is 11.8 Å². The van der Waals surface area contributed by atoms with E-state index in [1.54, 1.807) is 0 Å². The minimum absolute atomic E-state index is 0.0262. The summed E-state index contributed by atoms with van der Waals surface area (Å²) in [5.74, 6) is 0.682. The number of para-hydroxylation sites is 2. The second kappa shape index (κ2) is 4.41. The summed E-state index contributed by atoms with van der Waals surface area (Å²) in [5, 5.41) is 0. The van der Waals surface area contributed by atoms with Gasteiger partial charge in [-0.05, 0) is 38.3 Å². The number of likely N-dealkylation sites (tertiary alicyclic amines) is 1. The van der Waals surface area contributed by atoms with Gasteiger partial charge in [0.15, 0.2) is 0 Å². The highest BCUT2D eigenvalue weighted by Gasteiger charge is 2.47. The van der Waals surface area contributed by atoms with Gasteiger partial charge in [-0.15, -0.1) is 0 Å². The van der Waals surface area contributed by atoms with Crippen molar-refractivity contribution in [2.75, 3.05) is 0 Å². The molecule has 2 aliphatic rings. The molecule has 21 heavy (non-hydrogen) atoms. The second-order valence-electron chi connectivity index (χ2n) is 6.07. The molecule has 4 rings (SSSR count). The molecule has 2 amide bonds. The zero-order valence-corrected chi connectivity index (χ0v) is 11.9. The lowest BCUT2D eigenvalue weighted by atomic mass is 9.95. The molecule has 3 unspecified atom stereocenters. The van der Waals surface area contributed by atoms with E-state index in [1.165, 1.54) is 4.90 Å². The highest BCUT2D eigenvalue weighted by molar-refractivity contribution is 6.01. The normalized spacial score (nSPS) is 26.6. The predicted molar refractivity (Wildman–Crippen MR) is 77.2 cm³/mol. The Hall–Kier alpha value is -2.17. The molecule has 1 aromatic heterocycles. The number of piperidine rings is 1. The molecule has 1 N–H and O–H groups in total. The van der Waals surface area contributed by atoms with E-state index in [-0.39, 0.29) is 29.7 Å². The molecule has 5 heteroatoms. The summed E-state index contributed by atoms with van der Waals surface area (Å²) in [6, 6.07) is 7.40. The summed E-state index contributed by atoms with van der Waals surface area (Å²) < 4.78 is 0. The van der Waals surface area contributed by atoms with Crippen molar-refractivity contribution in [3.8, 4) is 0 Å². The average molecular weight is 283 g/mol. The number of carbonyl (C=O) groups excluding carboxylic acids is 2. The molecule has 1 aliphatic carbocycles. The third-order valence-corrected chi connectivity index (χ3v) is 4.80. The molecule has 5 nitrogen and oxygen atoms in total. The molecule has 2 heterocycles. The molecular weight excluding hydrogens is 266 g/mol. The number of hydrogen-bond donors (Lipinski definition) is 1. The highest BCUT2D eigenvalue weighted by atomic mass is 16.2. The third kappa shape index (κ3) is 1.80. The molecule has 2 bridgehead atoms. The highest BCUT2D eigenvalue weighted by Crippen LogP contribution is 2.40. The van der Waals surface area contributed by atoms with Crippen LogP contribution in [-0.4, -0.2) is 26.7 Å². The maximum absolute atomic E-state index is 12.5. The molecule has 1 saturated heterocycles. The number of aromatic amines is 1. The number of benzene rings is 1. The molecular formula is C16H17N3O2. The molecule has 108 valence electrons.